The fraction of sp³-hybridized carbons (Fsp3) is 0.714. The number of hydrogen-bond donors (Lipinski definition) is 0. The summed E-state index contributed by atoms with van der Waals surface area (Å²) in [5.74, 6) is 0.822. The molecule has 0 N–H and O–H groups in total. The summed E-state index contributed by atoms with van der Waals surface area (Å²) in [6.45, 7) is 3.94. The molecular formula is C14H21ClN2O. The van der Waals surface area contributed by atoms with Gasteiger partial charge in [0.2, 0.25) is 0 Å². The van der Waals surface area contributed by atoms with Crippen molar-refractivity contribution in [3.05, 3.63) is 23.3 Å². The minimum absolute atomic E-state index is 0.0519. The van der Waals surface area contributed by atoms with Gasteiger partial charge in [0.25, 0.3) is 0 Å². The van der Waals surface area contributed by atoms with Crippen LogP contribution in [0.5, 0.6) is 0 Å². The van der Waals surface area contributed by atoms with E-state index in [9.17, 15) is 0 Å². The van der Waals surface area contributed by atoms with Crippen LogP contribution < -0.4 is 0 Å². The molecule has 1 unspecified atom stereocenters. The number of ether oxygens (including phenoxy) is 1. The Bertz CT molecular complexity index is 414. The van der Waals surface area contributed by atoms with Gasteiger partial charge in [-0.25, -0.2) is 9.97 Å². The van der Waals surface area contributed by atoms with Crippen LogP contribution in [0.1, 0.15) is 61.5 Å². The zero-order valence-electron chi connectivity index (χ0n) is 11.4. The molecule has 1 aliphatic carbocycles. The van der Waals surface area contributed by atoms with E-state index in [0.717, 1.165) is 29.9 Å². The number of methoxy groups -OCH3 is 1. The van der Waals surface area contributed by atoms with E-state index in [1.807, 2.05) is 20.0 Å². The second-order valence-electron chi connectivity index (χ2n) is 5.11. The highest BCUT2D eigenvalue weighted by Crippen LogP contribution is 2.38. The first-order valence-corrected chi connectivity index (χ1v) is 7.06. The van der Waals surface area contributed by atoms with E-state index in [-0.39, 0.29) is 11.0 Å². The molecule has 1 fully saturated rings. The first-order chi connectivity index (χ1) is 8.59. The molecule has 0 amide bonds. The van der Waals surface area contributed by atoms with Crippen molar-refractivity contribution in [2.75, 3.05) is 7.11 Å². The average Bonchev–Trinajstić information content (AvgIpc) is 2.39. The van der Waals surface area contributed by atoms with Gasteiger partial charge in [0.05, 0.1) is 5.38 Å². The van der Waals surface area contributed by atoms with Gasteiger partial charge in [0.1, 0.15) is 5.60 Å². The monoisotopic (exact) mass is 268 g/mol. The fourth-order valence-corrected chi connectivity index (χ4v) is 2.94. The maximum Gasteiger partial charge on any atom is 0.160 e. The predicted molar refractivity (Wildman–Crippen MR) is 72.8 cm³/mol. The Hall–Kier alpha value is -0.670. The second-order valence-corrected chi connectivity index (χ2v) is 5.76. The van der Waals surface area contributed by atoms with Crippen molar-refractivity contribution >= 4 is 11.6 Å². The van der Waals surface area contributed by atoms with Gasteiger partial charge in [-0.1, -0.05) is 19.3 Å². The summed E-state index contributed by atoms with van der Waals surface area (Å²) in [5, 5.41) is -0.0519. The molecule has 2 rings (SSSR count). The van der Waals surface area contributed by atoms with Gasteiger partial charge in [-0.15, -0.1) is 11.6 Å². The average molecular weight is 269 g/mol. The van der Waals surface area contributed by atoms with Gasteiger partial charge in [-0.05, 0) is 26.7 Å². The van der Waals surface area contributed by atoms with Crippen LogP contribution in [0.15, 0.2) is 6.20 Å². The van der Waals surface area contributed by atoms with E-state index in [2.05, 4.69) is 9.97 Å². The molecule has 0 saturated heterocycles. The standard InChI is InChI=1S/C14H21ClN2O/c1-10(15)12-9-16-13(17-11(12)2)14(18-3)7-5-4-6-8-14/h9-10H,4-8H2,1-3H3. The Morgan fingerprint density at radius 1 is 1.33 bits per heavy atom. The van der Waals surface area contributed by atoms with Gasteiger partial charge in [-0.3, -0.25) is 0 Å². The largest absolute Gasteiger partial charge is 0.370 e. The summed E-state index contributed by atoms with van der Waals surface area (Å²) in [7, 11) is 1.77. The third-order valence-electron chi connectivity index (χ3n) is 3.91. The van der Waals surface area contributed by atoms with Gasteiger partial charge in [-0.2, -0.15) is 0 Å². The molecule has 4 heteroatoms. The van der Waals surface area contributed by atoms with Gasteiger partial charge >= 0.3 is 0 Å². The molecule has 100 valence electrons. The van der Waals surface area contributed by atoms with E-state index in [1.54, 1.807) is 7.11 Å². The van der Waals surface area contributed by atoms with Crippen LogP contribution in [0.4, 0.5) is 0 Å². The highest BCUT2D eigenvalue weighted by atomic mass is 35.5. The fourth-order valence-electron chi connectivity index (χ4n) is 2.73. The quantitative estimate of drug-likeness (QED) is 0.780. The van der Waals surface area contributed by atoms with Crippen molar-refractivity contribution in [2.24, 2.45) is 0 Å². The summed E-state index contributed by atoms with van der Waals surface area (Å²) in [6.07, 6.45) is 7.52. The van der Waals surface area contributed by atoms with E-state index in [0.29, 0.717) is 0 Å². The Balaban J connectivity index is 2.34. The number of hydrogen-bond acceptors (Lipinski definition) is 3. The second kappa shape index (κ2) is 5.54. The van der Waals surface area contributed by atoms with E-state index >= 15 is 0 Å². The number of nitrogens with zero attached hydrogens (tertiary/aromatic N) is 2. The van der Waals surface area contributed by atoms with Crippen molar-refractivity contribution in [1.29, 1.82) is 0 Å². The lowest BCUT2D eigenvalue weighted by Crippen LogP contribution is -2.33. The van der Waals surface area contributed by atoms with Crippen LogP contribution in [-0.4, -0.2) is 17.1 Å². The van der Waals surface area contributed by atoms with E-state index in [1.165, 1.54) is 19.3 Å². The van der Waals surface area contributed by atoms with Crippen LogP contribution in [0.2, 0.25) is 0 Å². The highest BCUT2D eigenvalue weighted by Gasteiger charge is 2.36. The number of aryl methyl sites for hydroxylation is 1. The third-order valence-corrected chi connectivity index (χ3v) is 4.14. The Morgan fingerprint density at radius 3 is 2.50 bits per heavy atom. The van der Waals surface area contributed by atoms with E-state index < -0.39 is 0 Å². The topological polar surface area (TPSA) is 35.0 Å². The van der Waals surface area contributed by atoms with Gasteiger partial charge in [0.15, 0.2) is 5.82 Å². The summed E-state index contributed by atoms with van der Waals surface area (Å²) in [6, 6.07) is 0. The number of rotatable bonds is 3. The minimum atomic E-state index is -0.281. The van der Waals surface area contributed by atoms with Gasteiger partial charge < -0.3 is 4.74 Å². The van der Waals surface area contributed by atoms with Crippen LogP contribution in [0.3, 0.4) is 0 Å². The van der Waals surface area contributed by atoms with E-state index in [4.69, 9.17) is 16.3 Å². The lowest BCUT2D eigenvalue weighted by molar-refractivity contribution is -0.0516. The lowest BCUT2D eigenvalue weighted by atomic mass is 9.84. The first kappa shape index (κ1) is 13.8. The molecule has 0 aromatic carbocycles. The zero-order chi connectivity index (χ0) is 13.2. The molecule has 1 aromatic rings. The smallest absolute Gasteiger partial charge is 0.160 e. The van der Waals surface area contributed by atoms with Crippen molar-refractivity contribution in [3.8, 4) is 0 Å². The molecule has 0 bridgehead atoms. The molecule has 0 aliphatic heterocycles. The maximum atomic E-state index is 6.10. The number of aromatic nitrogens is 2. The molecule has 0 radical (unpaired) electrons. The molecule has 0 spiro atoms. The van der Waals surface area contributed by atoms with Crippen LogP contribution >= 0.6 is 11.6 Å². The van der Waals surface area contributed by atoms with Crippen LogP contribution in [0, 0.1) is 6.92 Å². The number of alkyl halides is 1. The lowest BCUT2D eigenvalue weighted by Gasteiger charge is -2.34. The molecule has 1 saturated carbocycles. The maximum absolute atomic E-state index is 6.10. The Kier molecular flexibility index (Phi) is 4.23. The normalized spacial score (nSPS) is 20.7. The molecule has 18 heavy (non-hydrogen) atoms. The molecule has 1 aliphatic rings. The predicted octanol–water partition coefficient (Wildman–Crippen LogP) is 3.89. The third kappa shape index (κ3) is 2.52. The molecule has 1 atom stereocenters. The van der Waals surface area contributed by atoms with Crippen LogP contribution in [-0.2, 0) is 10.3 Å². The highest BCUT2D eigenvalue weighted by molar-refractivity contribution is 6.20. The molecule has 1 aromatic heterocycles. The van der Waals surface area contributed by atoms with Crippen molar-refractivity contribution in [3.63, 3.8) is 0 Å². The minimum Gasteiger partial charge on any atom is -0.370 e. The molecular weight excluding hydrogens is 248 g/mol. The summed E-state index contributed by atoms with van der Waals surface area (Å²) < 4.78 is 5.76. The van der Waals surface area contributed by atoms with Gasteiger partial charge in [0, 0.05) is 24.6 Å². The van der Waals surface area contributed by atoms with Crippen molar-refractivity contribution in [1.82, 2.24) is 9.97 Å². The summed E-state index contributed by atoms with van der Waals surface area (Å²) >= 11 is 6.10. The summed E-state index contributed by atoms with van der Waals surface area (Å²) in [4.78, 5) is 9.15. The summed E-state index contributed by atoms with van der Waals surface area (Å²) in [5.41, 5.74) is 1.68. The first-order valence-electron chi connectivity index (χ1n) is 6.62. The molecule has 3 nitrogen and oxygen atoms in total. The van der Waals surface area contributed by atoms with Crippen molar-refractivity contribution in [2.45, 2.75) is 56.9 Å². The Morgan fingerprint density at radius 2 is 2.00 bits per heavy atom. The van der Waals surface area contributed by atoms with Crippen LogP contribution in [0.25, 0.3) is 0 Å². The van der Waals surface area contributed by atoms with Crippen molar-refractivity contribution < 1.29 is 4.74 Å². The molecule has 1 heterocycles. The Labute approximate surface area is 114 Å². The SMILES string of the molecule is COC1(c2ncc(C(C)Cl)c(C)n2)CCCCC1. The number of halogens is 1. The zero-order valence-corrected chi connectivity index (χ0v) is 12.1.